The Morgan fingerprint density at radius 2 is 2.00 bits per heavy atom. The van der Waals surface area contributed by atoms with Gasteiger partial charge in [-0.05, 0) is 43.2 Å². The number of benzene rings is 1. The van der Waals surface area contributed by atoms with Gasteiger partial charge >= 0.3 is 0 Å². The maximum atomic E-state index is 6.29. The van der Waals surface area contributed by atoms with Crippen LogP contribution in [0.5, 0.6) is 0 Å². The van der Waals surface area contributed by atoms with Gasteiger partial charge in [-0.2, -0.15) is 0 Å². The molecule has 1 N–H and O–H groups in total. The maximum absolute atomic E-state index is 6.29. The summed E-state index contributed by atoms with van der Waals surface area (Å²) in [5, 5.41) is 4.93. The Morgan fingerprint density at radius 3 is 2.60 bits per heavy atom. The van der Waals surface area contributed by atoms with Gasteiger partial charge in [-0.25, -0.2) is 0 Å². The van der Waals surface area contributed by atoms with Gasteiger partial charge in [-0.1, -0.05) is 42.3 Å². The normalized spacial score (nSPS) is 14.0. The Balaban J connectivity index is 2.17. The second kappa shape index (κ2) is 7.07. The number of aromatic nitrogens is 1. The molecular formula is C16H18Cl2N2. The minimum absolute atomic E-state index is 0.160. The zero-order valence-corrected chi connectivity index (χ0v) is 13.1. The fourth-order valence-corrected chi connectivity index (χ4v) is 2.77. The summed E-state index contributed by atoms with van der Waals surface area (Å²) in [4.78, 5) is 4.38. The van der Waals surface area contributed by atoms with E-state index >= 15 is 0 Å². The average Bonchev–Trinajstić information content (AvgIpc) is 2.46. The fourth-order valence-electron chi connectivity index (χ4n) is 2.23. The number of nitrogens with one attached hydrogen (secondary N) is 1. The first-order chi connectivity index (χ1) is 9.61. The number of rotatable bonds is 5. The molecule has 0 saturated carbocycles. The molecule has 2 aromatic rings. The van der Waals surface area contributed by atoms with Crippen LogP contribution in [0.4, 0.5) is 0 Å². The van der Waals surface area contributed by atoms with E-state index in [1.165, 1.54) is 0 Å². The Hall–Kier alpha value is -1.09. The van der Waals surface area contributed by atoms with Crippen LogP contribution in [0.15, 0.2) is 42.6 Å². The van der Waals surface area contributed by atoms with E-state index in [-0.39, 0.29) is 12.1 Å². The molecule has 1 aromatic carbocycles. The topological polar surface area (TPSA) is 24.9 Å². The van der Waals surface area contributed by atoms with Crippen LogP contribution in [-0.4, -0.2) is 4.98 Å². The molecule has 2 atom stereocenters. The number of nitrogens with zero attached hydrogens (tertiary/aromatic N) is 1. The molecule has 0 radical (unpaired) electrons. The SMILES string of the molecule is CCC(NC(C)c1ccccn1)c1ccc(Cl)cc1Cl. The van der Waals surface area contributed by atoms with E-state index in [9.17, 15) is 0 Å². The van der Waals surface area contributed by atoms with Gasteiger partial charge in [0.2, 0.25) is 0 Å². The number of halogens is 2. The van der Waals surface area contributed by atoms with Crippen LogP contribution < -0.4 is 5.32 Å². The number of hydrogen-bond acceptors (Lipinski definition) is 2. The average molecular weight is 309 g/mol. The highest BCUT2D eigenvalue weighted by atomic mass is 35.5. The maximum Gasteiger partial charge on any atom is 0.0570 e. The van der Waals surface area contributed by atoms with E-state index in [4.69, 9.17) is 23.2 Å². The molecule has 106 valence electrons. The van der Waals surface area contributed by atoms with Gasteiger partial charge in [0.25, 0.3) is 0 Å². The van der Waals surface area contributed by atoms with Crippen molar-refractivity contribution in [3.8, 4) is 0 Å². The van der Waals surface area contributed by atoms with Crippen LogP contribution in [0.25, 0.3) is 0 Å². The van der Waals surface area contributed by atoms with Crippen LogP contribution in [-0.2, 0) is 0 Å². The fraction of sp³-hybridized carbons (Fsp3) is 0.312. The summed E-state index contributed by atoms with van der Waals surface area (Å²) in [6.45, 7) is 4.24. The van der Waals surface area contributed by atoms with Crippen molar-refractivity contribution in [2.24, 2.45) is 0 Å². The third-order valence-corrected chi connectivity index (χ3v) is 3.89. The first-order valence-electron chi connectivity index (χ1n) is 6.73. The lowest BCUT2D eigenvalue weighted by atomic mass is 10.0. The summed E-state index contributed by atoms with van der Waals surface area (Å²) in [6.07, 6.45) is 2.75. The van der Waals surface area contributed by atoms with Gasteiger partial charge in [-0.15, -0.1) is 0 Å². The Bertz CT molecular complexity index is 558. The molecular weight excluding hydrogens is 291 g/mol. The van der Waals surface area contributed by atoms with Crippen molar-refractivity contribution in [1.82, 2.24) is 10.3 Å². The minimum atomic E-state index is 0.160. The molecule has 20 heavy (non-hydrogen) atoms. The third kappa shape index (κ3) is 3.72. The summed E-state index contributed by atoms with van der Waals surface area (Å²) in [6, 6.07) is 11.9. The molecule has 2 rings (SSSR count). The molecule has 1 aromatic heterocycles. The van der Waals surface area contributed by atoms with Gasteiger partial charge in [0.15, 0.2) is 0 Å². The molecule has 2 unspecified atom stereocenters. The molecule has 0 fully saturated rings. The zero-order chi connectivity index (χ0) is 14.5. The molecule has 0 saturated heterocycles. The third-order valence-electron chi connectivity index (χ3n) is 3.33. The second-order valence-electron chi connectivity index (χ2n) is 4.77. The van der Waals surface area contributed by atoms with Crippen LogP contribution in [0.1, 0.15) is 43.6 Å². The lowest BCUT2D eigenvalue weighted by Gasteiger charge is -2.23. The van der Waals surface area contributed by atoms with Crippen molar-refractivity contribution >= 4 is 23.2 Å². The van der Waals surface area contributed by atoms with Crippen molar-refractivity contribution in [2.45, 2.75) is 32.4 Å². The molecule has 0 amide bonds. The van der Waals surface area contributed by atoms with Crippen molar-refractivity contribution in [3.05, 3.63) is 63.9 Å². The molecule has 0 spiro atoms. The summed E-state index contributed by atoms with van der Waals surface area (Å²) in [7, 11) is 0. The highest BCUT2D eigenvalue weighted by molar-refractivity contribution is 6.35. The second-order valence-corrected chi connectivity index (χ2v) is 5.61. The van der Waals surface area contributed by atoms with E-state index in [0.717, 1.165) is 17.7 Å². The van der Waals surface area contributed by atoms with Gasteiger partial charge in [0, 0.05) is 28.3 Å². The predicted molar refractivity (Wildman–Crippen MR) is 85.3 cm³/mol. The van der Waals surface area contributed by atoms with E-state index < -0.39 is 0 Å². The molecule has 2 nitrogen and oxygen atoms in total. The molecule has 0 aliphatic heterocycles. The van der Waals surface area contributed by atoms with Gasteiger partial charge in [0.05, 0.1) is 5.69 Å². The minimum Gasteiger partial charge on any atom is -0.302 e. The molecule has 0 bridgehead atoms. The van der Waals surface area contributed by atoms with E-state index in [2.05, 4.69) is 24.1 Å². The number of pyridine rings is 1. The lowest BCUT2D eigenvalue weighted by molar-refractivity contribution is 0.450. The smallest absolute Gasteiger partial charge is 0.0570 e. The Kier molecular flexibility index (Phi) is 5.41. The highest BCUT2D eigenvalue weighted by Crippen LogP contribution is 2.29. The standard InChI is InChI=1S/C16H18Cl2N2/c1-3-15(13-8-7-12(17)10-14(13)18)20-11(2)16-6-4-5-9-19-16/h4-11,15,20H,3H2,1-2H3. The first-order valence-corrected chi connectivity index (χ1v) is 7.49. The summed E-state index contributed by atoms with van der Waals surface area (Å²) >= 11 is 12.2. The highest BCUT2D eigenvalue weighted by Gasteiger charge is 2.16. The van der Waals surface area contributed by atoms with Crippen LogP contribution in [0.2, 0.25) is 10.0 Å². The van der Waals surface area contributed by atoms with Gasteiger partial charge in [0.1, 0.15) is 0 Å². The Morgan fingerprint density at radius 1 is 1.20 bits per heavy atom. The number of hydrogen-bond donors (Lipinski definition) is 1. The van der Waals surface area contributed by atoms with E-state index in [1.54, 1.807) is 6.07 Å². The molecule has 0 aliphatic carbocycles. The molecule has 0 aliphatic rings. The van der Waals surface area contributed by atoms with Crippen molar-refractivity contribution < 1.29 is 0 Å². The van der Waals surface area contributed by atoms with Crippen molar-refractivity contribution in [2.75, 3.05) is 0 Å². The lowest BCUT2D eigenvalue weighted by Crippen LogP contribution is -2.25. The quantitative estimate of drug-likeness (QED) is 0.822. The monoisotopic (exact) mass is 308 g/mol. The summed E-state index contributed by atoms with van der Waals surface area (Å²) < 4.78 is 0. The van der Waals surface area contributed by atoms with E-state index in [1.807, 2.05) is 36.5 Å². The van der Waals surface area contributed by atoms with Gasteiger partial charge in [-0.3, -0.25) is 4.98 Å². The largest absolute Gasteiger partial charge is 0.302 e. The van der Waals surface area contributed by atoms with Crippen LogP contribution >= 0.6 is 23.2 Å². The first kappa shape index (κ1) is 15.3. The van der Waals surface area contributed by atoms with E-state index in [0.29, 0.717) is 10.0 Å². The van der Waals surface area contributed by atoms with Crippen molar-refractivity contribution in [3.63, 3.8) is 0 Å². The predicted octanol–water partition coefficient (Wildman–Crippen LogP) is 5.19. The van der Waals surface area contributed by atoms with Gasteiger partial charge < -0.3 is 5.32 Å². The Labute approximate surface area is 130 Å². The summed E-state index contributed by atoms with van der Waals surface area (Å²) in [5.74, 6) is 0. The molecule has 4 heteroatoms. The summed E-state index contributed by atoms with van der Waals surface area (Å²) in [5.41, 5.74) is 2.09. The molecule has 1 heterocycles. The zero-order valence-electron chi connectivity index (χ0n) is 11.6. The van der Waals surface area contributed by atoms with Crippen LogP contribution in [0.3, 0.4) is 0 Å². The van der Waals surface area contributed by atoms with Crippen LogP contribution in [0, 0.1) is 0 Å². The van der Waals surface area contributed by atoms with Crippen molar-refractivity contribution in [1.29, 1.82) is 0 Å².